The maximum Gasteiger partial charge on any atom is 0.522 e. The Morgan fingerprint density at radius 1 is 1.33 bits per heavy atom. The summed E-state index contributed by atoms with van der Waals surface area (Å²) in [6.45, 7) is 1.87. The van der Waals surface area contributed by atoms with Gasteiger partial charge in [-0.25, -0.2) is 4.79 Å². The second-order valence-electron chi connectivity index (χ2n) is 3.43. The summed E-state index contributed by atoms with van der Waals surface area (Å²) in [5, 5.41) is -0.891. The van der Waals surface area contributed by atoms with E-state index in [1.165, 1.54) is 0 Å². The van der Waals surface area contributed by atoms with Crippen molar-refractivity contribution in [3.05, 3.63) is 5.53 Å². The van der Waals surface area contributed by atoms with Crippen LogP contribution in [0.5, 0.6) is 0 Å². The Labute approximate surface area is 101 Å². The number of rotatable bonds is 4. The van der Waals surface area contributed by atoms with Crippen molar-refractivity contribution in [2.75, 3.05) is 7.11 Å². The zero-order valence-corrected chi connectivity index (χ0v) is 11.3. The molecule has 0 unspecified atom stereocenters. The van der Waals surface area contributed by atoms with Crippen LogP contribution in [0.15, 0.2) is 0 Å². The van der Waals surface area contributed by atoms with Crippen LogP contribution in [-0.4, -0.2) is 45.4 Å². The number of nitrogens with zero attached hydrogens (tertiary/aromatic N) is 2. The molecule has 0 aromatic carbocycles. The quantitative estimate of drug-likeness (QED) is 0.187. The van der Waals surface area contributed by atoms with Crippen molar-refractivity contribution in [1.29, 1.82) is 0 Å². The molecule has 0 atom stereocenters. The number of methoxy groups -OCH3 is 1. The van der Waals surface area contributed by atoms with Crippen LogP contribution in [0.2, 0.25) is 13.1 Å². The van der Waals surface area contributed by atoms with Crippen molar-refractivity contribution in [2.24, 2.45) is 0 Å². The summed E-state index contributed by atoms with van der Waals surface area (Å²) in [6, 6.07) is 0. The zero-order valence-electron chi connectivity index (χ0n) is 9.48. The largest absolute Gasteiger partial charge is 0.522 e. The van der Waals surface area contributed by atoms with Crippen LogP contribution in [0.25, 0.3) is 5.53 Å². The third kappa shape index (κ3) is 3.63. The molecule has 0 spiro atoms. The van der Waals surface area contributed by atoms with Gasteiger partial charge in [0, 0.05) is 0 Å². The monoisotopic (exact) mass is 306 g/mol. The lowest BCUT2D eigenvalue weighted by Crippen LogP contribution is -2.50. The first-order valence-corrected chi connectivity index (χ1v) is 8.53. The molecule has 0 radical (unpaired) electrons. The van der Waals surface area contributed by atoms with Gasteiger partial charge in [0.05, 0.1) is 7.11 Å². The molecule has 0 bridgehead atoms. The van der Waals surface area contributed by atoms with Crippen LogP contribution in [0.3, 0.4) is 0 Å². The molecule has 0 fully saturated rings. The molecule has 12 heteroatoms. The van der Waals surface area contributed by atoms with E-state index in [1.807, 2.05) is 0 Å². The summed E-state index contributed by atoms with van der Waals surface area (Å²) in [5.41, 5.74) is 2.90. The number of carbonyl (C=O) groups is 1. The fraction of sp³-hybridized carbons (Fsp3) is 0.667. The highest BCUT2D eigenvalue weighted by Crippen LogP contribution is 2.27. The Morgan fingerprint density at radius 2 is 1.78 bits per heavy atom. The third-order valence-corrected chi connectivity index (χ3v) is 6.21. The van der Waals surface area contributed by atoms with Gasteiger partial charge in [-0.2, -0.15) is 26.4 Å². The van der Waals surface area contributed by atoms with E-state index in [0.29, 0.717) is 0 Å². The predicted octanol–water partition coefficient (Wildman–Crippen LogP) is 0.441. The Balaban J connectivity index is 5.45. The molecule has 0 aromatic rings. The number of ether oxygens (including phenoxy) is 1. The van der Waals surface area contributed by atoms with Gasteiger partial charge in [0.25, 0.3) is 0 Å². The summed E-state index contributed by atoms with van der Waals surface area (Å²) >= 11 is 0. The van der Waals surface area contributed by atoms with E-state index in [4.69, 9.17) is 5.53 Å². The van der Waals surface area contributed by atoms with Crippen molar-refractivity contribution in [3.63, 3.8) is 0 Å². The fourth-order valence-corrected chi connectivity index (χ4v) is 4.59. The molecule has 0 saturated carbocycles. The van der Waals surface area contributed by atoms with E-state index in [-0.39, 0.29) is 0 Å². The van der Waals surface area contributed by atoms with Crippen molar-refractivity contribution in [2.45, 2.75) is 18.6 Å². The first-order valence-electron chi connectivity index (χ1n) is 4.22. The molecule has 0 aliphatic rings. The molecule has 0 N–H and O–H groups in total. The zero-order chi connectivity index (χ0) is 14.8. The van der Waals surface area contributed by atoms with Crippen LogP contribution in [0.1, 0.15) is 0 Å². The van der Waals surface area contributed by atoms with E-state index in [9.17, 15) is 26.4 Å². The van der Waals surface area contributed by atoms with Gasteiger partial charge in [-0.05, 0) is 13.1 Å². The van der Waals surface area contributed by atoms with E-state index < -0.39 is 35.2 Å². The van der Waals surface area contributed by atoms with E-state index in [2.05, 4.69) is 13.4 Å². The summed E-state index contributed by atoms with van der Waals surface area (Å²) in [7, 11) is -8.95. The lowest BCUT2D eigenvalue weighted by atomic mass is 10.7. The van der Waals surface area contributed by atoms with Gasteiger partial charge >= 0.3 is 35.2 Å². The van der Waals surface area contributed by atoms with Gasteiger partial charge in [-0.15, -0.1) is 0 Å². The normalized spacial score (nSPS) is 12.8. The van der Waals surface area contributed by atoms with Crippen LogP contribution < -0.4 is 0 Å². The van der Waals surface area contributed by atoms with E-state index in [1.54, 1.807) is 0 Å². The van der Waals surface area contributed by atoms with Gasteiger partial charge < -0.3 is 10.3 Å². The molecule has 0 aromatic heterocycles. The lowest BCUT2D eigenvalue weighted by molar-refractivity contribution is -0.136. The van der Waals surface area contributed by atoms with Crippen LogP contribution in [0, 0.1) is 0 Å². The van der Waals surface area contributed by atoms with Crippen molar-refractivity contribution < 1.29 is 39.8 Å². The Hall–Kier alpha value is -1.23. The molecule has 0 saturated heterocycles. The molecule has 0 amide bonds. The van der Waals surface area contributed by atoms with Crippen molar-refractivity contribution in [1.82, 2.24) is 0 Å². The van der Waals surface area contributed by atoms with E-state index in [0.717, 1.165) is 20.2 Å². The topological polar surface area (TPSA) is 106 Å². The second kappa shape index (κ2) is 5.18. The molecule has 104 valence electrons. The molecular weight excluding hydrogens is 297 g/mol. The Kier molecular flexibility index (Phi) is 4.82. The molecule has 0 aliphatic carbocycles. The van der Waals surface area contributed by atoms with Gasteiger partial charge in [0.15, 0.2) is 0 Å². The van der Waals surface area contributed by atoms with Gasteiger partial charge in [-0.1, -0.05) is 0 Å². The highest BCUT2D eigenvalue weighted by molar-refractivity contribution is 7.88. The van der Waals surface area contributed by atoms with Crippen LogP contribution in [-0.2, 0) is 23.5 Å². The minimum atomic E-state index is -5.89. The third-order valence-electron chi connectivity index (χ3n) is 1.65. The number of halogens is 3. The summed E-state index contributed by atoms with van der Waals surface area (Å²) < 4.78 is 66.0. The number of esters is 1. The molecular formula is C6H9F3N2O5SSi. The lowest BCUT2D eigenvalue weighted by Gasteiger charge is -2.17. The number of hydrogen-bond donors (Lipinski definition) is 0. The maximum atomic E-state index is 12.1. The minimum Gasteiger partial charge on any atom is -0.461 e. The van der Waals surface area contributed by atoms with Crippen LogP contribution >= 0.6 is 0 Å². The van der Waals surface area contributed by atoms with Gasteiger partial charge in [-0.3, -0.25) is 3.87 Å². The SMILES string of the molecule is COC(=O)C(=[N+]=[N-])[Si](C)(C)OS(=O)(=O)C(F)(F)F. The Bertz CT molecular complexity index is 494. The molecule has 0 heterocycles. The average molecular weight is 306 g/mol. The average Bonchev–Trinajstić information content (AvgIpc) is 2.14. The second-order valence-corrected chi connectivity index (χ2v) is 8.97. The molecule has 7 nitrogen and oxygen atoms in total. The molecule has 0 aliphatic heterocycles. The number of carbonyl (C=O) groups excluding carboxylic acids is 1. The van der Waals surface area contributed by atoms with Crippen molar-refractivity contribution >= 4 is 29.7 Å². The predicted molar refractivity (Wildman–Crippen MR) is 54.2 cm³/mol. The summed E-state index contributed by atoms with van der Waals surface area (Å²) in [4.78, 5) is 13.5. The van der Waals surface area contributed by atoms with E-state index >= 15 is 0 Å². The minimum absolute atomic E-state index is 0.885. The fourth-order valence-electron chi connectivity index (χ4n) is 0.865. The smallest absolute Gasteiger partial charge is 0.461 e. The highest BCUT2D eigenvalue weighted by Gasteiger charge is 2.56. The number of alkyl halides is 3. The van der Waals surface area contributed by atoms with Crippen molar-refractivity contribution in [3.8, 4) is 0 Å². The molecule has 0 rings (SSSR count). The summed E-state index contributed by atoms with van der Waals surface area (Å²) in [5.74, 6) is -1.27. The Morgan fingerprint density at radius 3 is 2.06 bits per heavy atom. The van der Waals surface area contributed by atoms with Gasteiger partial charge in [0.2, 0.25) is 0 Å². The maximum absolute atomic E-state index is 12.1. The number of hydrogen-bond acceptors (Lipinski definition) is 5. The summed E-state index contributed by atoms with van der Waals surface area (Å²) in [6.07, 6.45) is 0. The highest BCUT2D eigenvalue weighted by atomic mass is 32.2. The first kappa shape index (κ1) is 16.8. The van der Waals surface area contributed by atoms with Crippen LogP contribution in [0.4, 0.5) is 13.2 Å². The standard InChI is InChI=1S/C6H9F3N2O5SSi/c1-15-5(12)4(11-10)18(2,3)16-17(13,14)6(7,8)9/h1-3H3. The first-order chi connectivity index (χ1) is 7.89. The van der Waals surface area contributed by atoms with Gasteiger partial charge in [0.1, 0.15) is 0 Å². The molecule has 18 heavy (non-hydrogen) atoms.